The molecule has 1 aromatic rings. The van der Waals surface area contributed by atoms with E-state index in [1.165, 1.54) is 5.56 Å². The molecule has 0 saturated carbocycles. The number of benzene rings is 1. The Kier molecular flexibility index (Phi) is 6.98. The van der Waals surface area contributed by atoms with Crippen LogP contribution in [0.15, 0.2) is 18.2 Å². The van der Waals surface area contributed by atoms with Gasteiger partial charge in [0.05, 0.1) is 14.2 Å². The van der Waals surface area contributed by atoms with E-state index in [-0.39, 0.29) is 0 Å². The fraction of sp³-hybridized carbons (Fsp3) is 0.571. The van der Waals surface area contributed by atoms with E-state index in [9.17, 15) is 0 Å². The summed E-state index contributed by atoms with van der Waals surface area (Å²) < 4.78 is 10.5. The third kappa shape index (κ3) is 4.42. The van der Waals surface area contributed by atoms with Gasteiger partial charge in [-0.3, -0.25) is 0 Å². The van der Waals surface area contributed by atoms with Gasteiger partial charge in [-0.2, -0.15) is 11.8 Å². The molecule has 102 valence electrons. The van der Waals surface area contributed by atoms with Crippen LogP contribution in [-0.2, 0) is 6.54 Å². The first-order valence-electron chi connectivity index (χ1n) is 6.18. The minimum absolute atomic E-state index is 0.563. The molecule has 0 bridgehead atoms. The smallest absolute Gasteiger partial charge is 0.161 e. The highest BCUT2D eigenvalue weighted by Gasteiger charge is 2.07. The molecule has 0 fully saturated rings. The van der Waals surface area contributed by atoms with Gasteiger partial charge in [-0.05, 0) is 30.4 Å². The van der Waals surface area contributed by atoms with Crippen LogP contribution in [0.3, 0.4) is 0 Å². The first-order valence-corrected chi connectivity index (χ1v) is 7.57. The zero-order valence-electron chi connectivity index (χ0n) is 11.7. The van der Waals surface area contributed by atoms with Crippen LogP contribution in [0.2, 0.25) is 0 Å². The summed E-state index contributed by atoms with van der Waals surface area (Å²) >= 11 is 1.88. The van der Waals surface area contributed by atoms with Crippen LogP contribution < -0.4 is 14.8 Å². The van der Waals surface area contributed by atoms with Gasteiger partial charge in [0.1, 0.15) is 0 Å². The summed E-state index contributed by atoms with van der Waals surface area (Å²) in [6, 6.07) is 6.61. The van der Waals surface area contributed by atoms with Gasteiger partial charge in [0.25, 0.3) is 0 Å². The number of hydrogen-bond acceptors (Lipinski definition) is 4. The minimum Gasteiger partial charge on any atom is -0.493 e. The van der Waals surface area contributed by atoms with Gasteiger partial charge in [-0.1, -0.05) is 13.0 Å². The van der Waals surface area contributed by atoms with E-state index in [4.69, 9.17) is 9.47 Å². The van der Waals surface area contributed by atoms with Gasteiger partial charge >= 0.3 is 0 Å². The molecule has 0 aromatic heterocycles. The van der Waals surface area contributed by atoms with Crippen LogP contribution in [0.1, 0.15) is 18.9 Å². The highest BCUT2D eigenvalue weighted by Crippen LogP contribution is 2.27. The van der Waals surface area contributed by atoms with Crippen molar-refractivity contribution in [3.8, 4) is 11.5 Å². The lowest BCUT2D eigenvalue weighted by Gasteiger charge is -2.16. The van der Waals surface area contributed by atoms with Crippen molar-refractivity contribution in [2.45, 2.75) is 25.9 Å². The molecule has 3 nitrogen and oxygen atoms in total. The number of methoxy groups -OCH3 is 2. The molecule has 0 spiro atoms. The predicted octanol–water partition coefficient (Wildman–Crippen LogP) is 2.94. The zero-order valence-corrected chi connectivity index (χ0v) is 12.5. The first-order chi connectivity index (χ1) is 8.74. The number of rotatable bonds is 8. The van der Waals surface area contributed by atoms with Gasteiger partial charge < -0.3 is 14.8 Å². The van der Waals surface area contributed by atoms with Crippen molar-refractivity contribution in [3.63, 3.8) is 0 Å². The number of ether oxygens (including phenoxy) is 2. The highest BCUT2D eigenvalue weighted by atomic mass is 32.2. The SMILES string of the molecule is CCC(CSC)NCc1ccc(OC)c(OC)c1. The van der Waals surface area contributed by atoms with E-state index >= 15 is 0 Å². The summed E-state index contributed by atoms with van der Waals surface area (Å²) in [5.74, 6) is 2.70. The summed E-state index contributed by atoms with van der Waals surface area (Å²) in [7, 11) is 3.32. The summed E-state index contributed by atoms with van der Waals surface area (Å²) in [5.41, 5.74) is 1.22. The van der Waals surface area contributed by atoms with Gasteiger partial charge in [0.15, 0.2) is 11.5 Å². The van der Waals surface area contributed by atoms with Crippen LogP contribution in [0.5, 0.6) is 11.5 Å². The molecule has 0 aliphatic carbocycles. The topological polar surface area (TPSA) is 30.5 Å². The van der Waals surface area contributed by atoms with E-state index in [0.29, 0.717) is 6.04 Å². The quantitative estimate of drug-likeness (QED) is 0.786. The Hall–Kier alpha value is -0.870. The van der Waals surface area contributed by atoms with E-state index in [2.05, 4.69) is 24.6 Å². The Balaban J connectivity index is 2.61. The van der Waals surface area contributed by atoms with Crippen molar-refractivity contribution in [1.82, 2.24) is 5.32 Å². The molecule has 0 radical (unpaired) electrons. The van der Waals surface area contributed by atoms with Crippen LogP contribution in [0, 0.1) is 0 Å². The van der Waals surface area contributed by atoms with Crippen molar-refractivity contribution < 1.29 is 9.47 Å². The van der Waals surface area contributed by atoms with Gasteiger partial charge in [0.2, 0.25) is 0 Å². The lowest BCUT2D eigenvalue weighted by atomic mass is 10.1. The Bertz CT molecular complexity index is 358. The van der Waals surface area contributed by atoms with Crippen LogP contribution in [-0.4, -0.2) is 32.3 Å². The van der Waals surface area contributed by atoms with Crippen molar-refractivity contribution in [2.24, 2.45) is 0 Å². The summed E-state index contributed by atoms with van der Waals surface area (Å²) in [4.78, 5) is 0. The van der Waals surface area contributed by atoms with E-state index in [0.717, 1.165) is 30.2 Å². The molecule has 0 aliphatic rings. The molecule has 1 aromatic carbocycles. The van der Waals surface area contributed by atoms with Crippen molar-refractivity contribution in [2.75, 3.05) is 26.2 Å². The largest absolute Gasteiger partial charge is 0.493 e. The number of nitrogens with one attached hydrogen (secondary N) is 1. The maximum absolute atomic E-state index is 5.30. The van der Waals surface area contributed by atoms with E-state index in [1.54, 1.807) is 14.2 Å². The summed E-state index contributed by atoms with van der Waals surface area (Å²) in [6.45, 7) is 3.07. The third-order valence-electron chi connectivity index (χ3n) is 2.90. The summed E-state index contributed by atoms with van der Waals surface area (Å²) in [5, 5.41) is 3.56. The van der Waals surface area contributed by atoms with Crippen LogP contribution >= 0.6 is 11.8 Å². The van der Waals surface area contributed by atoms with Crippen LogP contribution in [0.4, 0.5) is 0 Å². The lowest BCUT2D eigenvalue weighted by molar-refractivity contribution is 0.354. The predicted molar refractivity (Wildman–Crippen MR) is 78.8 cm³/mol. The zero-order chi connectivity index (χ0) is 13.4. The number of hydrogen-bond donors (Lipinski definition) is 1. The Morgan fingerprint density at radius 2 is 1.94 bits per heavy atom. The summed E-state index contributed by atoms with van der Waals surface area (Å²) in [6.07, 6.45) is 3.29. The minimum atomic E-state index is 0.563. The molecule has 1 rings (SSSR count). The van der Waals surface area contributed by atoms with Crippen molar-refractivity contribution >= 4 is 11.8 Å². The van der Waals surface area contributed by atoms with E-state index in [1.807, 2.05) is 23.9 Å². The Morgan fingerprint density at radius 1 is 1.22 bits per heavy atom. The maximum Gasteiger partial charge on any atom is 0.161 e. The van der Waals surface area contributed by atoms with Crippen LogP contribution in [0.25, 0.3) is 0 Å². The molecule has 0 amide bonds. The van der Waals surface area contributed by atoms with Crippen molar-refractivity contribution in [1.29, 1.82) is 0 Å². The second kappa shape index (κ2) is 8.27. The average Bonchev–Trinajstić information content (AvgIpc) is 2.42. The molecule has 1 unspecified atom stereocenters. The monoisotopic (exact) mass is 269 g/mol. The molecule has 1 N–H and O–H groups in total. The molecule has 1 atom stereocenters. The molecule has 0 saturated heterocycles. The van der Waals surface area contributed by atoms with Gasteiger partial charge in [0, 0.05) is 18.3 Å². The van der Waals surface area contributed by atoms with E-state index < -0.39 is 0 Å². The molecule has 4 heteroatoms. The lowest BCUT2D eigenvalue weighted by Crippen LogP contribution is -2.30. The van der Waals surface area contributed by atoms with Gasteiger partial charge in [-0.25, -0.2) is 0 Å². The second-order valence-corrected chi connectivity index (χ2v) is 5.04. The third-order valence-corrected chi connectivity index (χ3v) is 3.64. The molecule has 0 aliphatic heterocycles. The Labute approximate surface area is 114 Å². The second-order valence-electron chi connectivity index (χ2n) is 4.13. The van der Waals surface area contributed by atoms with Crippen molar-refractivity contribution in [3.05, 3.63) is 23.8 Å². The maximum atomic E-state index is 5.30. The normalized spacial score (nSPS) is 12.2. The average molecular weight is 269 g/mol. The van der Waals surface area contributed by atoms with Gasteiger partial charge in [-0.15, -0.1) is 0 Å². The standard InChI is InChI=1S/C14H23NO2S/c1-5-12(10-18-4)15-9-11-6-7-13(16-2)14(8-11)17-3/h6-8,12,15H,5,9-10H2,1-4H3. The molecular weight excluding hydrogens is 246 g/mol. The molecule has 0 heterocycles. The first kappa shape index (κ1) is 15.2. The fourth-order valence-corrected chi connectivity index (χ4v) is 2.53. The number of thioether (sulfide) groups is 1. The fourth-order valence-electron chi connectivity index (χ4n) is 1.78. The molecular formula is C14H23NO2S. The highest BCUT2D eigenvalue weighted by molar-refractivity contribution is 7.98. The Morgan fingerprint density at radius 3 is 2.50 bits per heavy atom. The molecule has 18 heavy (non-hydrogen) atoms.